The highest BCUT2D eigenvalue weighted by Gasteiger charge is 2.09. The summed E-state index contributed by atoms with van der Waals surface area (Å²) in [7, 11) is 0. The Labute approximate surface area is 93.7 Å². The normalized spacial score (nSPS) is 18.6. The lowest BCUT2D eigenvalue weighted by molar-refractivity contribution is 0.0190. The summed E-state index contributed by atoms with van der Waals surface area (Å²) in [4.78, 5) is 2.46. The second-order valence-electron chi connectivity index (χ2n) is 4.12. The Morgan fingerprint density at radius 1 is 1.20 bits per heavy atom. The molecule has 0 spiro atoms. The van der Waals surface area contributed by atoms with Crippen LogP contribution in [0.15, 0.2) is 0 Å². The summed E-state index contributed by atoms with van der Waals surface area (Å²) in [6.07, 6.45) is 3.88. The third-order valence-corrected chi connectivity index (χ3v) is 2.99. The Kier molecular flexibility index (Phi) is 6.98. The van der Waals surface area contributed by atoms with E-state index < -0.39 is 0 Å². The minimum Gasteiger partial charge on any atom is -0.379 e. The zero-order valence-electron chi connectivity index (χ0n) is 10.2. The second kappa shape index (κ2) is 8.08. The maximum absolute atomic E-state index is 5.77. The van der Waals surface area contributed by atoms with E-state index in [0.29, 0.717) is 6.10 Å². The number of rotatable bonds is 7. The number of hydrogen-bond acceptors (Lipinski definition) is 3. The Morgan fingerprint density at radius 2 is 1.87 bits per heavy atom. The molecule has 0 aromatic carbocycles. The average molecular weight is 215 g/mol. The van der Waals surface area contributed by atoms with E-state index in [4.69, 9.17) is 9.47 Å². The summed E-state index contributed by atoms with van der Waals surface area (Å²) in [5, 5.41) is 0. The average Bonchev–Trinajstić information content (AvgIpc) is 2.31. The summed E-state index contributed by atoms with van der Waals surface area (Å²) in [5.41, 5.74) is 0. The van der Waals surface area contributed by atoms with E-state index in [1.807, 2.05) is 0 Å². The van der Waals surface area contributed by atoms with Crippen molar-refractivity contribution in [3.05, 3.63) is 0 Å². The largest absolute Gasteiger partial charge is 0.379 e. The van der Waals surface area contributed by atoms with Crippen LogP contribution in [-0.4, -0.2) is 50.5 Å². The van der Waals surface area contributed by atoms with Crippen molar-refractivity contribution in [2.75, 3.05) is 39.5 Å². The van der Waals surface area contributed by atoms with E-state index in [2.05, 4.69) is 18.7 Å². The van der Waals surface area contributed by atoms with Gasteiger partial charge in [0.2, 0.25) is 0 Å². The van der Waals surface area contributed by atoms with Gasteiger partial charge in [0.15, 0.2) is 0 Å². The maximum Gasteiger partial charge on any atom is 0.0594 e. The molecule has 1 heterocycles. The van der Waals surface area contributed by atoms with Gasteiger partial charge in [-0.25, -0.2) is 0 Å². The van der Waals surface area contributed by atoms with Crippen molar-refractivity contribution in [1.29, 1.82) is 0 Å². The first-order valence-corrected chi connectivity index (χ1v) is 6.28. The van der Waals surface area contributed by atoms with E-state index >= 15 is 0 Å². The zero-order valence-corrected chi connectivity index (χ0v) is 10.2. The van der Waals surface area contributed by atoms with Crippen LogP contribution >= 0.6 is 0 Å². The van der Waals surface area contributed by atoms with Gasteiger partial charge >= 0.3 is 0 Å². The molecule has 0 N–H and O–H groups in total. The van der Waals surface area contributed by atoms with Crippen molar-refractivity contribution >= 4 is 0 Å². The van der Waals surface area contributed by atoms with Gasteiger partial charge in [-0.2, -0.15) is 0 Å². The summed E-state index contributed by atoms with van der Waals surface area (Å²) in [6, 6.07) is 0. The SMILES string of the molecule is CCC(CC)OCCCN1CCOCC1. The third kappa shape index (κ3) is 5.50. The molecular formula is C12H25NO2. The van der Waals surface area contributed by atoms with Crippen LogP contribution in [0.1, 0.15) is 33.1 Å². The molecule has 0 saturated carbocycles. The third-order valence-electron chi connectivity index (χ3n) is 2.99. The number of nitrogens with zero attached hydrogens (tertiary/aromatic N) is 1. The van der Waals surface area contributed by atoms with Crippen molar-refractivity contribution in [2.24, 2.45) is 0 Å². The Hall–Kier alpha value is -0.120. The van der Waals surface area contributed by atoms with Gasteiger partial charge in [-0.3, -0.25) is 4.90 Å². The molecule has 3 nitrogen and oxygen atoms in total. The van der Waals surface area contributed by atoms with Crippen molar-refractivity contribution in [3.8, 4) is 0 Å². The van der Waals surface area contributed by atoms with Gasteiger partial charge < -0.3 is 9.47 Å². The Bertz CT molecular complexity index is 143. The topological polar surface area (TPSA) is 21.7 Å². The first kappa shape index (κ1) is 12.9. The van der Waals surface area contributed by atoms with Crippen molar-refractivity contribution in [3.63, 3.8) is 0 Å². The second-order valence-corrected chi connectivity index (χ2v) is 4.12. The molecule has 0 unspecified atom stereocenters. The van der Waals surface area contributed by atoms with Gasteiger partial charge in [0.1, 0.15) is 0 Å². The van der Waals surface area contributed by atoms with Gasteiger partial charge in [0, 0.05) is 26.2 Å². The highest BCUT2D eigenvalue weighted by Crippen LogP contribution is 2.04. The predicted octanol–water partition coefficient (Wildman–Crippen LogP) is 1.91. The molecule has 3 heteroatoms. The molecule has 0 aromatic rings. The molecule has 0 amide bonds. The van der Waals surface area contributed by atoms with Gasteiger partial charge in [-0.1, -0.05) is 13.8 Å². The van der Waals surface area contributed by atoms with E-state index in [-0.39, 0.29) is 0 Å². The first-order chi connectivity index (χ1) is 7.36. The minimum absolute atomic E-state index is 0.467. The van der Waals surface area contributed by atoms with Crippen LogP contribution in [0.2, 0.25) is 0 Å². The molecule has 1 saturated heterocycles. The van der Waals surface area contributed by atoms with E-state index in [0.717, 1.165) is 58.7 Å². The van der Waals surface area contributed by atoms with Crippen molar-refractivity contribution in [1.82, 2.24) is 4.90 Å². The molecular weight excluding hydrogens is 190 g/mol. The van der Waals surface area contributed by atoms with Crippen LogP contribution in [0.25, 0.3) is 0 Å². The summed E-state index contributed by atoms with van der Waals surface area (Å²) >= 11 is 0. The zero-order chi connectivity index (χ0) is 10.9. The van der Waals surface area contributed by atoms with Crippen LogP contribution in [0.3, 0.4) is 0 Å². The smallest absolute Gasteiger partial charge is 0.0594 e. The minimum atomic E-state index is 0.467. The van der Waals surface area contributed by atoms with Crippen LogP contribution in [0, 0.1) is 0 Å². The highest BCUT2D eigenvalue weighted by molar-refractivity contribution is 4.61. The van der Waals surface area contributed by atoms with E-state index in [1.54, 1.807) is 0 Å². The fourth-order valence-corrected chi connectivity index (χ4v) is 1.89. The molecule has 1 aliphatic heterocycles. The fraction of sp³-hybridized carbons (Fsp3) is 1.00. The lowest BCUT2D eigenvalue weighted by atomic mass is 10.2. The van der Waals surface area contributed by atoms with E-state index in [1.165, 1.54) is 0 Å². The first-order valence-electron chi connectivity index (χ1n) is 6.28. The Balaban J connectivity index is 1.95. The van der Waals surface area contributed by atoms with Crippen molar-refractivity contribution < 1.29 is 9.47 Å². The molecule has 0 aliphatic carbocycles. The van der Waals surface area contributed by atoms with Gasteiger partial charge in [-0.15, -0.1) is 0 Å². The van der Waals surface area contributed by atoms with Crippen LogP contribution in [0.5, 0.6) is 0 Å². The molecule has 0 bridgehead atoms. The van der Waals surface area contributed by atoms with Gasteiger partial charge in [-0.05, 0) is 19.3 Å². The molecule has 0 atom stereocenters. The monoisotopic (exact) mass is 215 g/mol. The number of ether oxygens (including phenoxy) is 2. The van der Waals surface area contributed by atoms with E-state index in [9.17, 15) is 0 Å². The summed E-state index contributed by atoms with van der Waals surface area (Å²) < 4.78 is 11.1. The molecule has 1 aliphatic rings. The standard InChI is InChI=1S/C12H25NO2/c1-3-12(4-2)15-9-5-6-13-7-10-14-11-8-13/h12H,3-11H2,1-2H3. The lowest BCUT2D eigenvalue weighted by Crippen LogP contribution is -2.37. The van der Waals surface area contributed by atoms with Crippen LogP contribution in [-0.2, 0) is 9.47 Å². The Morgan fingerprint density at radius 3 is 2.47 bits per heavy atom. The van der Waals surface area contributed by atoms with Crippen LogP contribution < -0.4 is 0 Å². The summed E-state index contributed by atoms with van der Waals surface area (Å²) in [5.74, 6) is 0. The maximum atomic E-state index is 5.77. The van der Waals surface area contributed by atoms with Gasteiger partial charge in [0.05, 0.1) is 19.3 Å². The predicted molar refractivity (Wildman–Crippen MR) is 62.2 cm³/mol. The molecule has 1 rings (SSSR count). The highest BCUT2D eigenvalue weighted by atomic mass is 16.5. The molecule has 0 aromatic heterocycles. The number of morpholine rings is 1. The molecule has 1 fully saturated rings. The van der Waals surface area contributed by atoms with Crippen LogP contribution in [0.4, 0.5) is 0 Å². The van der Waals surface area contributed by atoms with Crippen molar-refractivity contribution in [2.45, 2.75) is 39.2 Å². The molecule has 15 heavy (non-hydrogen) atoms. The fourth-order valence-electron chi connectivity index (χ4n) is 1.89. The quantitative estimate of drug-likeness (QED) is 0.606. The molecule has 0 radical (unpaired) electrons. The lowest BCUT2D eigenvalue weighted by Gasteiger charge is -2.26. The number of hydrogen-bond donors (Lipinski definition) is 0. The van der Waals surface area contributed by atoms with Gasteiger partial charge in [0.25, 0.3) is 0 Å². The summed E-state index contributed by atoms with van der Waals surface area (Å²) in [6.45, 7) is 10.4. The molecule has 90 valence electrons.